The summed E-state index contributed by atoms with van der Waals surface area (Å²) < 4.78 is 0. The second-order valence-corrected chi connectivity index (χ2v) is 14.1. The molecule has 0 saturated carbocycles. The van der Waals surface area contributed by atoms with E-state index in [-0.39, 0.29) is 23.7 Å². The number of carbonyl (C=O) groups is 2. The molecule has 1 unspecified atom stereocenters. The van der Waals surface area contributed by atoms with Gasteiger partial charge in [0, 0.05) is 41.9 Å². The number of amides is 1. The van der Waals surface area contributed by atoms with Gasteiger partial charge < -0.3 is 10.2 Å². The number of Topliss-reactive ketones (excluding diaryl/α,β-unsaturated/α-hetero) is 1. The van der Waals surface area contributed by atoms with Gasteiger partial charge in [-0.1, -0.05) is 139 Å². The van der Waals surface area contributed by atoms with Gasteiger partial charge in [-0.3, -0.25) is 14.9 Å². The van der Waals surface area contributed by atoms with E-state index in [0.29, 0.717) is 25.1 Å². The zero-order valence-corrected chi connectivity index (χ0v) is 28.5. The van der Waals surface area contributed by atoms with Crippen molar-refractivity contribution in [2.75, 3.05) is 18.4 Å². The van der Waals surface area contributed by atoms with Crippen molar-refractivity contribution >= 4 is 29.5 Å². The summed E-state index contributed by atoms with van der Waals surface area (Å²) >= 11 is 0. The zero-order chi connectivity index (χ0) is 34.3. The molecule has 2 spiro atoms. The Morgan fingerprint density at radius 3 is 2.20 bits per heavy atom. The number of carbonyl (C=O) groups excluding carboxylic acids is 2. The molecule has 0 aliphatic carbocycles. The van der Waals surface area contributed by atoms with E-state index in [1.165, 1.54) is 0 Å². The Bertz CT molecular complexity index is 2140. The van der Waals surface area contributed by atoms with Crippen molar-refractivity contribution in [2.45, 2.75) is 37.8 Å². The van der Waals surface area contributed by atoms with Crippen LogP contribution in [-0.4, -0.2) is 35.7 Å². The van der Waals surface area contributed by atoms with Crippen LogP contribution < -0.4 is 10.6 Å². The molecule has 0 radical (unpaired) electrons. The average molecular weight is 656 g/mol. The molecule has 0 bridgehead atoms. The molecule has 5 aromatic rings. The summed E-state index contributed by atoms with van der Waals surface area (Å²) in [5.74, 6) is -0.491. The molecule has 5 aromatic carbocycles. The van der Waals surface area contributed by atoms with Crippen LogP contribution in [0.2, 0.25) is 0 Å². The number of likely N-dealkylation sites (tertiary alicyclic amines) is 1. The Hall–Kier alpha value is -5.52. The highest BCUT2D eigenvalue weighted by molar-refractivity contribution is 6.16. The topological polar surface area (TPSA) is 61.4 Å². The van der Waals surface area contributed by atoms with Gasteiger partial charge in [-0.05, 0) is 66.9 Å². The van der Waals surface area contributed by atoms with E-state index < -0.39 is 11.0 Å². The minimum Gasteiger partial charge on any atom is -0.372 e. The number of anilines is 1. The molecule has 2 fully saturated rings. The Morgan fingerprint density at radius 2 is 1.44 bits per heavy atom. The van der Waals surface area contributed by atoms with E-state index in [0.717, 1.165) is 44.6 Å². The monoisotopic (exact) mass is 655 g/mol. The van der Waals surface area contributed by atoms with Gasteiger partial charge in [-0.25, -0.2) is 0 Å². The molecule has 0 aromatic heterocycles. The van der Waals surface area contributed by atoms with Crippen LogP contribution in [0.5, 0.6) is 0 Å². The zero-order valence-electron chi connectivity index (χ0n) is 28.5. The first-order chi connectivity index (χ1) is 24.4. The molecule has 3 aliphatic rings. The Labute approximate surface area is 294 Å². The van der Waals surface area contributed by atoms with Crippen LogP contribution in [0.1, 0.15) is 44.9 Å². The molecule has 5 nitrogen and oxygen atoms in total. The first kappa shape index (κ1) is 31.7. The lowest BCUT2D eigenvalue weighted by atomic mass is 9.55. The third kappa shape index (κ3) is 5.30. The highest BCUT2D eigenvalue weighted by atomic mass is 16.2. The number of nitrogens with zero attached hydrogens (tertiary/aromatic N) is 1. The van der Waals surface area contributed by atoms with E-state index >= 15 is 4.79 Å². The molecule has 8 rings (SSSR count). The number of aryl methyl sites for hydroxylation is 2. The molecule has 248 valence electrons. The SMILES string of the molecule is Cc1cccc(/C=C2\CN(/C=C/c3ccccc3)C[C@]3(C2=O)[C@H](c2cccc(C)c2)[C@@H](Cc2ccccc2)NC32C(=O)Nc3ccccc32)c1. The fourth-order valence-corrected chi connectivity index (χ4v) is 8.81. The molecule has 2 N–H and O–H groups in total. The Balaban J connectivity index is 1.40. The summed E-state index contributed by atoms with van der Waals surface area (Å²) in [7, 11) is 0. The number of rotatable bonds is 6. The third-order valence-corrected chi connectivity index (χ3v) is 10.8. The van der Waals surface area contributed by atoms with E-state index in [4.69, 9.17) is 0 Å². The van der Waals surface area contributed by atoms with E-state index in [2.05, 4.69) is 121 Å². The van der Waals surface area contributed by atoms with Crippen molar-refractivity contribution in [2.24, 2.45) is 5.41 Å². The predicted molar refractivity (Wildman–Crippen MR) is 201 cm³/mol. The lowest BCUT2D eigenvalue weighted by Gasteiger charge is -2.50. The molecular formula is C45H41N3O2. The second-order valence-electron chi connectivity index (χ2n) is 14.1. The van der Waals surface area contributed by atoms with Gasteiger partial charge in [-0.2, -0.15) is 0 Å². The van der Waals surface area contributed by atoms with Crippen LogP contribution in [0.3, 0.4) is 0 Å². The summed E-state index contributed by atoms with van der Waals surface area (Å²) in [5.41, 5.74) is 6.25. The molecule has 4 atom stereocenters. The summed E-state index contributed by atoms with van der Waals surface area (Å²) in [6.45, 7) is 4.96. The molecule has 1 amide bonds. The number of ketones is 1. The normalized spacial score (nSPS) is 25.2. The summed E-state index contributed by atoms with van der Waals surface area (Å²) in [5, 5.41) is 7.18. The molecule has 3 aliphatic heterocycles. The maximum absolute atomic E-state index is 15.9. The molecule has 50 heavy (non-hydrogen) atoms. The maximum Gasteiger partial charge on any atom is 0.250 e. The third-order valence-electron chi connectivity index (χ3n) is 10.8. The highest BCUT2D eigenvalue weighted by Gasteiger charge is 2.74. The van der Waals surface area contributed by atoms with E-state index in [1.807, 2.05) is 60.7 Å². The fourth-order valence-electron chi connectivity index (χ4n) is 8.81. The minimum absolute atomic E-state index is 0.0183. The van der Waals surface area contributed by atoms with Crippen LogP contribution in [0.25, 0.3) is 12.2 Å². The first-order valence-electron chi connectivity index (χ1n) is 17.5. The van der Waals surface area contributed by atoms with Crippen molar-refractivity contribution in [1.82, 2.24) is 10.2 Å². The van der Waals surface area contributed by atoms with Crippen molar-refractivity contribution in [1.29, 1.82) is 0 Å². The number of benzene rings is 5. The van der Waals surface area contributed by atoms with Gasteiger partial charge in [0.05, 0.1) is 5.41 Å². The quantitative estimate of drug-likeness (QED) is 0.182. The average Bonchev–Trinajstić information content (AvgIpc) is 3.57. The lowest BCUT2D eigenvalue weighted by molar-refractivity contribution is -0.141. The van der Waals surface area contributed by atoms with Gasteiger partial charge in [0.1, 0.15) is 5.54 Å². The number of piperidine rings is 1. The number of hydrogen-bond acceptors (Lipinski definition) is 4. The minimum atomic E-state index is -1.32. The van der Waals surface area contributed by atoms with E-state index in [1.54, 1.807) is 0 Å². The van der Waals surface area contributed by atoms with Gasteiger partial charge in [-0.15, -0.1) is 0 Å². The summed E-state index contributed by atoms with van der Waals surface area (Å²) in [6, 6.07) is 45.1. The number of hydrogen-bond donors (Lipinski definition) is 2. The Morgan fingerprint density at radius 1 is 0.760 bits per heavy atom. The standard InChI is InChI=1S/C45H41N3O2/c1-31-13-11-19-35(25-31)27-37-29-48(24-23-33-15-5-3-6-16-33)30-44(42(37)49)41(36-20-12-14-32(2)26-36)40(28-34-17-7-4-8-18-34)47-45(44)38-21-9-10-22-39(38)46-43(45)50/h3-27,40-41,47H,28-30H2,1-2H3,(H,46,50)/b24-23+,37-27+/t40-,41-,44-,45?/m1/s1. The lowest BCUT2D eigenvalue weighted by Crippen LogP contribution is -2.65. The Kier molecular flexibility index (Phi) is 8.08. The smallest absolute Gasteiger partial charge is 0.250 e. The van der Waals surface area contributed by atoms with Crippen molar-refractivity contribution < 1.29 is 9.59 Å². The number of para-hydroxylation sites is 1. The van der Waals surface area contributed by atoms with Crippen molar-refractivity contribution in [3.05, 3.63) is 184 Å². The van der Waals surface area contributed by atoms with Crippen LogP contribution in [-0.2, 0) is 21.5 Å². The molecule has 3 heterocycles. The van der Waals surface area contributed by atoms with Gasteiger partial charge in [0.25, 0.3) is 5.91 Å². The second kappa shape index (κ2) is 12.7. The van der Waals surface area contributed by atoms with Gasteiger partial charge in [0.2, 0.25) is 0 Å². The van der Waals surface area contributed by atoms with Crippen molar-refractivity contribution in [3.8, 4) is 0 Å². The molecule has 5 heteroatoms. The first-order valence-corrected chi connectivity index (χ1v) is 17.5. The van der Waals surface area contributed by atoms with Gasteiger partial charge in [0.15, 0.2) is 5.78 Å². The largest absolute Gasteiger partial charge is 0.372 e. The van der Waals surface area contributed by atoms with Crippen molar-refractivity contribution in [3.63, 3.8) is 0 Å². The predicted octanol–water partition coefficient (Wildman–Crippen LogP) is 8.07. The summed E-state index contributed by atoms with van der Waals surface area (Å²) in [6.07, 6.45) is 6.92. The highest BCUT2D eigenvalue weighted by Crippen LogP contribution is 2.63. The number of nitrogens with one attached hydrogen (secondary N) is 2. The molecule has 2 saturated heterocycles. The molecular weight excluding hydrogens is 615 g/mol. The fraction of sp³-hybridized carbons (Fsp3) is 0.200. The number of fused-ring (bicyclic) bond motifs is 3. The van der Waals surface area contributed by atoms with E-state index in [9.17, 15) is 4.79 Å². The van der Waals surface area contributed by atoms with Crippen LogP contribution in [0, 0.1) is 19.3 Å². The van der Waals surface area contributed by atoms with Crippen LogP contribution in [0.4, 0.5) is 5.69 Å². The van der Waals surface area contributed by atoms with Crippen LogP contribution >= 0.6 is 0 Å². The van der Waals surface area contributed by atoms with Crippen LogP contribution in [0.15, 0.2) is 145 Å². The summed E-state index contributed by atoms with van der Waals surface area (Å²) in [4.78, 5) is 33.1. The van der Waals surface area contributed by atoms with Gasteiger partial charge >= 0.3 is 0 Å². The maximum atomic E-state index is 15.9.